The van der Waals surface area contributed by atoms with Crippen LogP contribution in [0.2, 0.25) is 0 Å². The van der Waals surface area contributed by atoms with E-state index < -0.39 is 18.3 Å². The summed E-state index contributed by atoms with van der Waals surface area (Å²) >= 11 is 0. The number of carbonyl (C=O) groups is 1. The zero-order chi connectivity index (χ0) is 16.8. The minimum atomic E-state index is -0.519. The van der Waals surface area contributed by atoms with Crippen LogP contribution < -0.4 is 5.46 Å². The van der Waals surface area contributed by atoms with E-state index in [0.717, 1.165) is 5.46 Å². The Bertz CT molecular complexity index is 738. The number of hydrogen-bond acceptors (Lipinski definition) is 5. The first-order valence-corrected chi connectivity index (χ1v) is 7.75. The number of carbonyl (C=O) groups excluding carboxylic acids is 1. The van der Waals surface area contributed by atoms with E-state index in [1.54, 1.807) is 29.7 Å². The van der Waals surface area contributed by atoms with Crippen LogP contribution in [0.3, 0.4) is 0 Å². The molecule has 2 aromatic rings. The van der Waals surface area contributed by atoms with Crippen molar-refractivity contribution in [3.8, 4) is 0 Å². The molecule has 0 amide bonds. The summed E-state index contributed by atoms with van der Waals surface area (Å²) in [5.74, 6) is -0.375. The van der Waals surface area contributed by atoms with Crippen LogP contribution in [0.25, 0.3) is 5.65 Å². The third-order valence-corrected chi connectivity index (χ3v) is 4.53. The maximum absolute atomic E-state index is 12.0. The maximum Gasteiger partial charge on any atom is 0.497 e. The summed E-state index contributed by atoms with van der Waals surface area (Å²) in [5.41, 5.74) is 1.03. The molecule has 0 aromatic carbocycles. The van der Waals surface area contributed by atoms with Crippen LogP contribution in [0.1, 0.15) is 45.1 Å². The van der Waals surface area contributed by atoms with Crippen LogP contribution in [0.15, 0.2) is 24.5 Å². The summed E-state index contributed by atoms with van der Waals surface area (Å²) < 4.78 is 18.8. The Morgan fingerprint density at radius 3 is 2.52 bits per heavy atom. The highest BCUT2D eigenvalue weighted by Crippen LogP contribution is 2.36. The molecule has 0 atom stereocenters. The molecule has 0 saturated carbocycles. The van der Waals surface area contributed by atoms with Gasteiger partial charge in [-0.3, -0.25) is 4.40 Å². The maximum atomic E-state index is 12.0. The van der Waals surface area contributed by atoms with Crippen molar-refractivity contribution >= 4 is 24.2 Å². The number of ether oxygens (including phenoxy) is 1. The van der Waals surface area contributed by atoms with Gasteiger partial charge in [0.15, 0.2) is 0 Å². The number of hydrogen-bond donors (Lipinski definition) is 0. The lowest BCUT2D eigenvalue weighted by Crippen LogP contribution is -2.41. The first-order chi connectivity index (χ1) is 10.7. The van der Waals surface area contributed by atoms with Gasteiger partial charge in [0.1, 0.15) is 11.3 Å². The molecule has 23 heavy (non-hydrogen) atoms. The average Bonchev–Trinajstić information content (AvgIpc) is 2.97. The van der Waals surface area contributed by atoms with E-state index >= 15 is 0 Å². The molecule has 122 valence electrons. The molecule has 1 aliphatic heterocycles. The largest absolute Gasteiger partial charge is 0.497 e. The molecule has 0 unspecified atom stereocenters. The summed E-state index contributed by atoms with van der Waals surface area (Å²) in [4.78, 5) is 16.4. The number of rotatable bonds is 3. The SMILES string of the molecule is CCOC(=O)c1ccc2ncc(B3OC(C)(C)C(C)(C)O3)cn12. The molecular formula is C16H21BN2O4. The number of esters is 1. The van der Waals surface area contributed by atoms with Crippen molar-refractivity contribution in [1.29, 1.82) is 0 Å². The van der Waals surface area contributed by atoms with E-state index in [4.69, 9.17) is 14.0 Å². The molecule has 1 fully saturated rings. The van der Waals surface area contributed by atoms with Crippen LogP contribution in [0, 0.1) is 0 Å². The Balaban J connectivity index is 1.97. The molecule has 0 spiro atoms. The fourth-order valence-corrected chi connectivity index (χ4v) is 2.47. The van der Waals surface area contributed by atoms with Crippen LogP contribution in [-0.4, -0.2) is 40.3 Å². The highest BCUT2D eigenvalue weighted by atomic mass is 16.7. The third-order valence-electron chi connectivity index (χ3n) is 4.53. The summed E-state index contributed by atoms with van der Waals surface area (Å²) in [6, 6.07) is 3.48. The fourth-order valence-electron chi connectivity index (χ4n) is 2.47. The second kappa shape index (κ2) is 5.35. The smallest absolute Gasteiger partial charge is 0.461 e. The highest BCUT2D eigenvalue weighted by molar-refractivity contribution is 6.61. The molecule has 0 radical (unpaired) electrons. The van der Waals surface area contributed by atoms with Crippen LogP contribution >= 0.6 is 0 Å². The van der Waals surface area contributed by atoms with E-state index in [9.17, 15) is 4.79 Å². The molecule has 1 saturated heterocycles. The second-order valence-electron chi connectivity index (χ2n) is 6.64. The summed E-state index contributed by atoms with van der Waals surface area (Å²) in [6.07, 6.45) is 3.53. The summed E-state index contributed by atoms with van der Waals surface area (Å²) in [7, 11) is -0.519. The Kier molecular flexibility index (Phi) is 3.73. The minimum absolute atomic E-state index is 0.330. The van der Waals surface area contributed by atoms with Gasteiger partial charge in [0.05, 0.1) is 17.8 Å². The highest BCUT2D eigenvalue weighted by Gasteiger charge is 2.52. The van der Waals surface area contributed by atoms with Crippen molar-refractivity contribution in [1.82, 2.24) is 9.38 Å². The van der Waals surface area contributed by atoms with Crippen molar-refractivity contribution in [3.05, 3.63) is 30.2 Å². The van der Waals surface area contributed by atoms with Gasteiger partial charge in [0.25, 0.3) is 0 Å². The zero-order valence-electron chi connectivity index (χ0n) is 14.1. The van der Waals surface area contributed by atoms with Gasteiger partial charge in [0, 0.05) is 17.9 Å². The Hall–Kier alpha value is -1.86. The molecule has 7 heteroatoms. The summed E-state index contributed by atoms with van der Waals surface area (Å²) in [5, 5.41) is 0. The van der Waals surface area contributed by atoms with E-state index in [1.807, 2.05) is 33.9 Å². The van der Waals surface area contributed by atoms with E-state index in [0.29, 0.717) is 17.9 Å². The van der Waals surface area contributed by atoms with Crippen molar-refractivity contribution in [2.45, 2.75) is 45.8 Å². The lowest BCUT2D eigenvalue weighted by molar-refractivity contribution is 0.00578. The van der Waals surface area contributed by atoms with E-state index in [1.165, 1.54) is 0 Å². The first kappa shape index (κ1) is 16.0. The Labute approximate surface area is 135 Å². The lowest BCUT2D eigenvalue weighted by Gasteiger charge is -2.32. The van der Waals surface area contributed by atoms with Crippen LogP contribution in [-0.2, 0) is 14.0 Å². The first-order valence-electron chi connectivity index (χ1n) is 7.75. The molecule has 0 N–H and O–H groups in total. The third kappa shape index (κ3) is 2.64. The molecule has 3 rings (SSSR count). The van der Waals surface area contributed by atoms with Gasteiger partial charge in [0.2, 0.25) is 0 Å². The number of nitrogens with zero attached hydrogens (tertiary/aromatic N) is 2. The minimum Gasteiger partial charge on any atom is -0.461 e. The van der Waals surface area contributed by atoms with Crippen molar-refractivity contribution in [3.63, 3.8) is 0 Å². The predicted molar refractivity (Wildman–Crippen MR) is 86.9 cm³/mol. The second-order valence-corrected chi connectivity index (χ2v) is 6.64. The Morgan fingerprint density at radius 1 is 1.26 bits per heavy atom. The predicted octanol–water partition coefficient (Wildman–Crippen LogP) is 1.81. The zero-order valence-corrected chi connectivity index (χ0v) is 14.1. The molecule has 1 aliphatic rings. The van der Waals surface area contributed by atoms with Crippen molar-refractivity contribution < 1.29 is 18.8 Å². The molecule has 2 aromatic heterocycles. The summed E-state index contributed by atoms with van der Waals surface area (Å²) in [6.45, 7) is 10.1. The topological polar surface area (TPSA) is 62.1 Å². The van der Waals surface area contributed by atoms with E-state index in [2.05, 4.69) is 4.98 Å². The van der Waals surface area contributed by atoms with Crippen LogP contribution in [0.5, 0.6) is 0 Å². The monoisotopic (exact) mass is 316 g/mol. The van der Waals surface area contributed by atoms with Gasteiger partial charge in [-0.15, -0.1) is 0 Å². The average molecular weight is 316 g/mol. The normalized spacial score (nSPS) is 19.3. The van der Waals surface area contributed by atoms with Gasteiger partial charge in [-0.05, 0) is 46.8 Å². The molecule has 3 heterocycles. The Morgan fingerprint density at radius 2 is 1.91 bits per heavy atom. The van der Waals surface area contributed by atoms with Gasteiger partial charge in [-0.2, -0.15) is 0 Å². The molecule has 0 bridgehead atoms. The molecule has 0 aliphatic carbocycles. The van der Waals surface area contributed by atoms with Gasteiger partial charge < -0.3 is 14.0 Å². The lowest BCUT2D eigenvalue weighted by atomic mass is 9.81. The quantitative estimate of drug-likeness (QED) is 0.638. The van der Waals surface area contributed by atoms with Crippen molar-refractivity contribution in [2.75, 3.05) is 6.61 Å². The molecule has 6 nitrogen and oxygen atoms in total. The van der Waals surface area contributed by atoms with Gasteiger partial charge in [-0.25, -0.2) is 9.78 Å². The standard InChI is InChI=1S/C16H21BN2O4/c1-6-21-14(20)12-7-8-13-18-9-11(10-19(12)13)17-22-15(2,3)16(4,5)23-17/h7-10H,6H2,1-5H3. The fraction of sp³-hybridized carbons (Fsp3) is 0.500. The van der Waals surface area contributed by atoms with Gasteiger partial charge in [-0.1, -0.05) is 0 Å². The van der Waals surface area contributed by atoms with E-state index in [-0.39, 0.29) is 5.97 Å². The van der Waals surface area contributed by atoms with Gasteiger partial charge >= 0.3 is 13.1 Å². The number of aromatic nitrogens is 2. The molecular weight excluding hydrogens is 295 g/mol. The van der Waals surface area contributed by atoms with Crippen LogP contribution in [0.4, 0.5) is 0 Å². The number of fused-ring (bicyclic) bond motifs is 1. The van der Waals surface area contributed by atoms with Crippen molar-refractivity contribution in [2.24, 2.45) is 0 Å².